The quantitative estimate of drug-likeness (QED) is 0.754. The van der Waals surface area contributed by atoms with E-state index in [4.69, 9.17) is 14.2 Å². The van der Waals surface area contributed by atoms with Crippen molar-refractivity contribution in [3.63, 3.8) is 0 Å². The van der Waals surface area contributed by atoms with E-state index in [2.05, 4.69) is 5.32 Å². The summed E-state index contributed by atoms with van der Waals surface area (Å²) in [5, 5.41) is 2.81. The molecule has 0 radical (unpaired) electrons. The van der Waals surface area contributed by atoms with Crippen LogP contribution in [0.2, 0.25) is 0 Å². The van der Waals surface area contributed by atoms with Crippen molar-refractivity contribution in [2.75, 3.05) is 34.9 Å². The zero-order valence-electron chi connectivity index (χ0n) is 10.5. The molecule has 1 N–H and O–H groups in total. The fourth-order valence-electron chi connectivity index (χ4n) is 1.52. The van der Waals surface area contributed by atoms with Crippen molar-refractivity contribution in [2.24, 2.45) is 0 Å². The van der Waals surface area contributed by atoms with Crippen molar-refractivity contribution >= 4 is 5.78 Å². The zero-order valence-corrected chi connectivity index (χ0v) is 10.5. The molecule has 94 valence electrons. The monoisotopic (exact) mass is 239 g/mol. The minimum atomic E-state index is -0.0819. The van der Waals surface area contributed by atoms with E-state index in [1.807, 2.05) is 0 Å². The molecule has 0 aliphatic carbocycles. The number of rotatable bonds is 6. The fourth-order valence-corrected chi connectivity index (χ4v) is 1.52. The maximum atomic E-state index is 11.9. The number of hydrogen-bond acceptors (Lipinski definition) is 5. The first-order valence-corrected chi connectivity index (χ1v) is 5.15. The van der Waals surface area contributed by atoms with Crippen LogP contribution in [0.4, 0.5) is 0 Å². The number of carbonyl (C=O) groups is 1. The Morgan fingerprint density at radius 3 is 2.35 bits per heavy atom. The molecule has 5 nitrogen and oxygen atoms in total. The van der Waals surface area contributed by atoms with Crippen LogP contribution in [0.3, 0.4) is 0 Å². The van der Waals surface area contributed by atoms with Crippen LogP contribution < -0.4 is 19.5 Å². The smallest absolute Gasteiger partial charge is 0.180 e. The Labute approximate surface area is 101 Å². The number of methoxy groups -OCH3 is 3. The number of ether oxygens (including phenoxy) is 3. The van der Waals surface area contributed by atoms with Crippen LogP contribution in [0.25, 0.3) is 0 Å². The topological polar surface area (TPSA) is 56.8 Å². The molecule has 5 heteroatoms. The fraction of sp³-hybridized carbons (Fsp3) is 0.417. The average Bonchev–Trinajstić information content (AvgIpc) is 2.37. The van der Waals surface area contributed by atoms with E-state index >= 15 is 0 Å². The van der Waals surface area contributed by atoms with Crippen molar-refractivity contribution in [1.29, 1.82) is 0 Å². The summed E-state index contributed by atoms with van der Waals surface area (Å²) in [6.07, 6.45) is 0. The van der Waals surface area contributed by atoms with Crippen molar-refractivity contribution in [3.05, 3.63) is 17.7 Å². The lowest BCUT2D eigenvalue weighted by Gasteiger charge is -2.13. The van der Waals surface area contributed by atoms with Gasteiger partial charge in [-0.3, -0.25) is 4.79 Å². The van der Waals surface area contributed by atoms with Crippen LogP contribution in [-0.4, -0.2) is 40.7 Å². The molecule has 0 bridgehead atoms. The van der Waals surface area contributed by atoms with Crippen molar-refractivity contribution in [1.82, 2.24) is 5.32 Å². The molecule has 0 unspecified atom stereocenters. The molecular formula is C12H17NO4. The third-order valence-corrected chi connectivity index (χ3v) is 2.33. The highest BCUT2D eigenvalue weighted by Crippen LogP contribution is 2.35. The minimum absolute atomic E-state index is 0.0819. The van der Waals surface area contributed by atoms with Gasteiger partial charge in [0, 0.05) is 6.07 Å². The summed E-state index contributed by atoms with van der Waals surface area (Å²) in [6, 6.07) is 3.32. The molecule has 0 fully saturated rings. The number of carbonyl (C=O) groups excluding carboxylic acids is 1. The molecule has 0 aromatic heterocycles. The Morgan fingerprint density at radius 1 is 1.18 bits per heavy atom. The molecule has 0 saturated carbocycles. The third-order valence-electron chi connectivity index (χ3n) is 2.33. The second-order valence-electron chi connectivity index (χ2n) is 3.36. The molecule has 0 atom stereocenters. The summed E-state index contributed by atoms with van der Waals surface area (Å²) in [5.41, 5.74) is 0.443. The minimum Gasteiger partial charge on any atom is -0.497 e. The van der Waals surface area contributed by atoms with Gasteiger partial charge in [0.2, 0.25) is 0 Å². The van der Waals surface area contributed by atoms with Gasteiger partial charge in [-0.1, -0.05) is 0 Å². The van der Waals surface area contributed by atoms with Crippen molar-refractivity contribution in [2.45, 2.75) is 0 Å². The van der Waals surface area contributed by atoms with Crippen LogP contribution in [-0.2, 0) is 0 Å². The summed E-state index contributed by atoms with van der Waals surface area (Å²) in [6.45, 7) is 0.229. The molecule has 17 heavy (non-hydrogen) atoms. The average molecular weight is 239 g/mol. The SMILES string of the molecule is CNCC(=O)c1cc(OC)cc(OC)c1OC. The lowest BCUT2D eigenvalue weighted by atomic mass is 10.1. The van der Waals surface area contributed by atoms with Crippen LogP contribution in [0.1, 0.15) is 10.4 Å². The highest BCUT2D eigenvalue weighted by molar-refractivity contribution is 6.01. The molecule has 0 aliphatic heterocycles. The lowest BCUT2D eigenvalue weighted by molar-refractivity contribution is 0.0989. The van der Waals surface area contributed by atoms with E-state index < -0.39 is 0 Å². The van der Waals surface area contributed by atoms with Gasteiger partial charge in [-0.05, 0) is 13.1 Å². The molecule has 0 aliphatic rings. The normalized spacial score (nSPS) is 9.88. The van der Waals surface area contributed by atoms with Crippen LogP contribution >= 0.6 is 0 Å². The maximum absolute atomic E-state index is 11.9. The molecule has 1 aromatic rings. The van der Waals surface area contributed by atoms with Crippen LogP contribution in [0, 0.1) is 0 Å². The zero-order chi connectivity index (χ0) is 12.8. The lowest BCUT2D eigenvalue weighted by Crippen LogP contribution is -2.19. The number of nitrogens with one attached hydrogen (secondary N) is 1. The third kappa shape index (κ3) is 2.88. The number of hydrogen-bond donors (Lipinski definition) is 1. The maximum Gasteiger partial charge on any atom is 0.180 e. The summed E-state index contributed by atoms with van der Waals surface area (Å²) in [7, 11) is 6.26. The van der Waals surface area contributed by atoms with Gasteiger partial charge < -0.3 is 19.5 Å². The predicted molar refractivity (Wildman–Crippen MR) is 64.4 cm³/mol. The summed E-state index contributed by atoms with van der Waals surface area (Å²) in [5.74, 6) is 1.38. The van der Waals surface area contributed by atoms with Crippen LogP contribution in [0.5, 0.6) is 17.2 Å². The van der Waals surface area contributed by atoms with Gasteiger partial charge in [0.05, 0.1) is 33.4 Å². The van der Waals surface area contributed by atoms with Gasteiger partial charge >= 0.3 is 0 Å². The Kier molecular flexibility index (Phi) is 4.78. The van der Waals surface area contributed by atoms with E-state index in [0.717, 1.165) is 0 Å². The van der Waals surface area contributed by atoms with Crippen LogP contribution in [0.15, 0.2) is 12.1 Å². The Bertz CT molecular complexity index is 404. The number of Topliss-reactive ketones (excluding diaryl/α,β-unsaturated/α-hetero) is 1. The second kappa shape index (κ2) is 6.10. The predicted octanol–water partition coefficient (Wildman–Crippen LogP) is 1.11. The van der Waals surface area contributed by atoms with E-state index in [0.29, 0.717) is 22.8 Å². The van der Waals surface area contributed by atoms with Gasteiger partial charge in [-0.25, -0.2) is 0 Å². The Balaban J connectivity index is 3.28. The molecule has 1 rings (SSSR count). The van der Waals surface area contributed by atoms with Gasteiger partial charge in [0.15, 0.2) is 17.3 Å². The summed E-state index contributed by atoms with van der Waals surface area (Å²) in [4.78, 5) is 11.9. The van der Waals surface area contributed by atoms with Gasteiger partial charge in [0.25, 0.3) is 0 Å². The van der Waals surface area contributed by atoms with Gasteiger partial charge in [-0.2, -0.15) is 0 Å². The highest BCUT2D eigenvalue weighted by Gasteiger charge is 2.18. The highest BCUT2D eigenvalue weighted by atomic mass is 16.5. The summed E-state index contributed by atoms with van der Waals surface area (Å²) >= 11 is 0. The van der Waals surface area contributed by atoms with E-state index in [9.17, 15) is 4.79 Å². The molecule has 0 saturated heterocycles. The first-order chi connectivity index (χ1) is 8.17. The number of benzene rings is 1. The van der Waals surface area contributed by atoms with Crippen molar-refractivity contribution < 1.29 is 19.0 Å². The Morgan fingerprint density at radius 2 is 1.88 bits per heavy atom. The molecule has 1 aromatic carbocycles. The molecule has 0 heterocycles. The molecule has 0 spiro atoms. The van der Waals surface area contributed by atoms with Gasteiger partial charge in [0.1, 0.15) is 5.75 Å². The standard InChI is InChI=1S/C12H17NO4/c1-13-7-10(14)9-5-8(15-2)6-11(16-3)12(9)17-4/h5-6,13H,7H2,1-4H3. The number of ketones is 1. The van der Waals surface area contributed by atoms with Gasteiger partial charge in [-0.15, -0.1) is 0 Å². The molecule has 0 amide bonds. The van der Waals surface area contributed by atoms with E-state index in [1.165, 1.54) is 21.3 Å². The first-order valence-electron chi connectivity index (χ1n) is 5.15. The summed E-state index contributed by atoms with van der Waals surface area (Å²) < 4.78 is 15.5. The van der Waals surface area contributed by atoms with Crippen molar-refractivity contribution in [3.8, 4) is 17.2 Å². The largest absolute Gasteiger partial charge is 0.497 e. The van der Waals surface area contributed by atoms with E-state index in [1.54, 1.807) is 19.2 Å². The second-order valence-corrected chi connectivity index (χ2v) is 3.36. The van der Waals surface area contributed by atoms with E-state index in [-0.39, 0.29) is 12.3 Å². The molecular weight excluding hydrogens is 222 g/mol. The Hall–Kier alpha value is -1.75. The number of likely N-dealkylation sites (N-methyl/N-ethyl adjacent to an activating group) is 1. The first kappa shape index (κ1) is 13.3.